The van der Waals surface area contributed by atoms with Gasteiger partial charge in [0.2, 0.25) is 5.91 Å². The molecule has 3 aromatic heterocycles. The molecule has 0 fully saturated rings. The molecule has 0 atom stereocenters. The maximum atomic E-state index is 13.3. The van der Waals surface area contributed by atoms with E-state index in [0.717, 1.165) is 33.8 Å². The Balaban J connectivity index is 1.37. The van der Waals surface area contributed by atoms with E-state index in [0.29, 0.717) is 38.3 Å². The molecule has 0 radical (unpaired) electrons. The number of carbonyl (C=O) groups is 2. The molecule has 188 valence electrons. The number of hydrogen-bond acceptors (Lipinski definition) is 6. The second kappa shape index (κ2) is 11.0. The Morgan fingerprint density at radius 2 is 1.89 bits per heavy atom. The molecule has 4 heterocycles. The molecule has 0 saturated heterocycles. The van der Waals surface area contributed by atoms with Crippen LogP contribution in [0.1, 0.15) is 38.6 Å². The van der Waals surface area contributed by atoms with Crippen LogP contribution in [0.5, 0.6) is 5.75 Å². The summed E-state index contributed by atoms with van der Waals surface area (Å²) in [5.41, 5.74) is 4.76. The first-order chi connectivity index (χ1) is 18.1. The predicted octanol–water partition coefficient (Wildman–Crippen LogP) is 2.79. The number of nitrogens with one attached hydrogen (secondary N) is 1. The number of nitrogens with zero attached hydrogens (tertiary/aromatic N) is 5. The van der Waals surface area contributed by atoms with Crippen LogP contribution in [0.2, 0.25) is 0 Å². The summed E-state index contributed by atoms with van der Waals surface area (Å²) < 4.78 is 7.05. The molecule has 0 spiro atoms. The van der Waals surface area contributed by atoms with Crippen molar-refractivity contribution in [3.8, 4) is 5.75 Å². The fourth-order valence-electron chi connectivity index (χ4n) is 4.46. The topological polar surface area (TPSA) is 102 Å². The Morgan fingerprint density at radius 3 is 2.62 bits per heavy atom. The van der Waals surface area contributed by atoms with Crippen molar-refractivity contribution in [3.63, 3.8) is 0 Å². The van der Waals surface area contributed by atoms with Gasteiger partial charge in [-0.15, -0.1) is 0 Å². The summed E-state index contributed by atoms with van der Waals surface area (Å²) in [5.74, 6) is 0.488. The van der Waals surface area contributed by atoms with Crippen LogP contribution < -0.4 is 10.1 Å². The molecule has 1 aliphatic rings. The third kappa shape index (κ3) is 5.66. The van der Waals surface area contributed by atoms with Gasteiger partial charge in [0.1, 0.15) is 5.75 Å². The van der Waals surface area contributed by atoms with E-state index in [-0.39, 0.29) is 18.2 Å². The van der Waals surface area contributed by atoms with Gasteiger partial charge in [-0.2, -0.15) is 5.10 Å². The summed E-state index contributed by atoms with van der Waals surface area (Å²) in [7, 11) is 1.62. The molecular formula is C28H28N6O3. The first-order valence-electron chi connectivity index (χ1n) is 12.2. The predicted molar refractivity (Wildman–Crippen MR) is 137 cm³/mol. The zero-order valence-electron chi connectivity index (χ0n) is 20.6. The van der Waals surface area contributed by atoms with E-state index in [1.807, 2.05) is 59.3 Å². The number of ether oxygens (including phenoxy) is 1. The maximum Gasteiger partial charge on any atom is 0.272 e. The summed E-state index contributed by atoms with van der Waals surface area (Å²) >= 11 is 0. The van der Waals surface area contributed by atoms with Crippen molar-refractivity contribution in [1.29, 1.82) is 0 Å². The van der Waals surface area contributed by atoms with Crippen LogP contribution >= 0.6 is 0 Å². The Labute approximate surface area is 215 Å². The van der Waals surface area contributed by atoms with Crippen molar-refractivity contribution in [2.75, 3.05) is 13.7 Å². The molecule has 9 heteroatoms. The number of fused-ring (bicyclic) bond motifs is 1. The van der Waals surface area contributed by atoms with Crippen LogP contribution in [0.4, 0.5) is 0 Å². The zero-order valence-corrected chi connectivity index (χ0v) is 20.6. The lowest BCUT2D eigenvalue weighted by Crippen LogP contribution is -2.38. The van der Waals surface area contributed by atoms with Crippen molar-refractivity contribution in [2.45, 2.75) is 32.5 Å². The van der Waals surface area contributed by atoms with Crippen LogP contribution in [0.15, 0.2) is 73.2 Å². The molecule has 5 rings (SSSR count). The number of aromatic nitrogens is 4. The van der Waals surface area contributed by atoms with Crippen LogP contribution in [0.25, 0.3) is 0 Å². The summed E-state index contributed by atoms with van der Waals surface area (Å²) in [6, 6.07) is 17.0. The summed E-state index contributed by atoms with van der Waals surface area (Å²) in [5, 5.41) is 7.68. The lowest BCUT2D eigenvalue weighted by atomic mass is 10.0. The van der Waals surface area contributed by atoms with E-state index in [4.69, 9.17) is 9.84 Å². The third-order valence-corrected chi connectivity index (χ3v) is 6.43. The molecule has 0 saturated carbocycles. The minimum absolute atomic E-state index is 0.000664. The fraction of sp³-hybridized carbons (Fsp3) is 0.250. The smallest absolute Gasteiger partial charge is 0.272 e. The van der Waals surface area contributed by atoms with Crippen molar-refractivity contribution in [1.82, 2.24) is 30.0 Å². The Morgan fingerprint density at radius 1 is 1.03 bits per heavy atom. The van der Waals surface area contributed by atoms with Crippen molar-refractivity contribution in [2.24, 2.45) is 0 Å². The van der Waals surface area contributed by atoms with Gasteiger partial charge in [-0.1, -0.05) is 24.3 Å². The highest BCUT2D eigenvalue weighted by molar-refractivity contribution is 5.94. The summed E-state index contributed by atoms with van der Waals surface area (Å²) in [6.07, 6.45) is 6.01. The van der Waals surface area contributed by atoms with Crippen LogP contribution in [-0.4, -0.2) is 50.1 Å². The second-order valence-corrected chi connectivity index (χ2v) is 8.89. The Kier molecular flexibility index (Phi) is 7.21. The normalized spacial score (nSPS) is 12.6. The van der Waals surface area contributed by atoms with Gasteiger partial charge in [-0.25, -0.2) is 0 Å². The van der Waals surface area contributed by atoms with Gasteiger partial charge in [-0.05, 0) is 41.5 Å². The molecule has 37 heavy (non-hydrogen) atoms. The summed E-state index contributed by atoms with van der Waals surface area (Å²) in [6.45, 7) is 1.71. The highest BCUT2D eigenvalue weighted by Gasteiger charge is 2.30. The van der Waals surface area contributed by atoms with E-state index in [1.165, 1.54) is 0 Å². The highest BCUT2D eigenvalue weighted by atomic mass is 16.5. The number of methoxy groups -OCH3 is 1. The van der Waals surface area contributed by atoms with Gasteiger partial charge >= 0.3 is 0 Å². The number of rotatable bonds is 8. The lowest BCUT2D eigenvalue weighted by molar-refractivity contribution is -0.131. The molecule has 9 nitrogen and oxygen atoms in total. The number of benzene rings is 1. The molecule has 0 aliphatic carbocycles. The second-order valence-electron chi connectivity index (χ2n) is 8.89. The van der Waals surface area contributed by atoms with Gasteiger partial charge < -0.3 is 15.0 Å². The van der Waals surface area contributed by atoms with Crippen LogP contribution in [0.3, 0.4) is 0 Å². The third-order valence-electron chi connectivity index (χ3n) is 6.43. The van der Waals surface area contributed by atoms with E-state index >= 15 is 0 Å². The SMILES string of the molecule is COc1ccc(CNC(=O)c2nn(Cc3ccccn3)c3c2CN(C(=O)Cc2cccnc2)CC3)cc1. The standard InChI is InChI=1S/C28H28N6O3/c1-37-23-9-7-20(8-10-23)17-31-28(36)27-24-19-33(26(35)15-21-5-4-12-29-16-21)14-11-25(24)34(32-27)18-22-6-2-3-13-30-22/h2-10,12-13,16H,11,14-15,17-19H2,1H3,(H,31,36). The van der Waals surface area contributed by atoms with Gasteiger partial charge in [0, 0.05) is 55.9 Å². The quantitative estimate of drug-likeness (QED) is 0.403. The lowest BCUT2D eigenvalue weighted by Gasteiger charge is -2.28. The average Bonchev–Trinajstić information content (AvgIpc) is 3.30. The van der Waals surface area contributed by atoms with Crippen molar-refractivity contribution < 1.29 is 14.3 Å². The molecule has 1 N–H and O–H groups in total. The number of hydrogen-bond donors (Lipinski definition) is 1. The van der Waals surface area contributed by atoms with Crippen molar-refractivity contribution in [3.05, 3.63) is 107 Å². The van der Waals surface area contributed by atoms with Crippen LogP contribution in [-0.2, 0) is 37.3 Å². The Bertz CT molecular complexity index is 1370. The minimum atomic E-state index is -0.270. The largest absolute Gasteiger partial charge is 0.497 e. The monoisotopic (exact) mass is 496 g/mol. The number of carbonyl (C=O) groups excluding carboxylic acids is 2. The molecule has 4 aromatic rings. The maximum absolute atomic E-state index is 13.3. The van der Waals surface area contributed by atoms with E-state index in [1.54, 1.807) is 30.6 Å². The molecule has 2 amide bonds. The molecule has 1 aromatic carbocycles. The fourth-order valence-corrected chi connectivity index (χ4v) is 4.46. The molecule has 1 aliphatic heterocycles. The molecular weight excluding hydrogens is 468 g/mol. The van der Waals surface area contributed by atoms with Crippen molar-refractivity contribution >= 4 is 11.8 Å². The van der Waals surface area contributed by atoms with Crippen LogP contribution in [0, 0.1) is 0 Å². The Hall–Kier alpha value is -4.53. The van der Waals surface area contributed by atoms with Gasteiger partial charge in [0.15, 0.2) is 5.69 Å². The van der Waals surface area contributed by atoms with Gasteiger partial charge in [0.05, 0.1) is 25.8 Å². The zero-order chi connectivity index (χ0) is 25.6. The average molecular weight is 497 g/mol. The van der Waals surface area contributed by atoms with Gasteiger partial charge in [0.25, 0.3) is 5.91 Å². The molecule has 0 bridgehead atoms. The first kappa shape index (κ1) is 24.2. The van der Waals surface area contributed by atoms with E-state index in [9.17, 15) is 9.59 Å². The number of pyridine rings is 2. The van der Waals surface area contributed by atoms with E-state index < -0.39 is 0 Å². The van der Waals surface area contributed by atoms with Gasteiger partial charge in [-0.3, -0.25) is 24.2 Å². The first-order valence-corrected chi connectivity index (χ1v) is 12.2. The van der Waals surface area contributed by atoms with E-state index in [2.05, 4.69) is 15.3 Å². The molecule has 0 unspecified atom stereocenters. The number of amides is 2. The highest BCUT2D eigenvalue weighted by Crippen LogP contribution is 2.24. The summed E-state index contributed by atoms with van der Waals surface area (Å²) in [4.78, 5) is 36.7. The minimum Gasteiger partial charge on any atom is -0.497 e.